The van der Waals surface area contributed by atoms with Crippen molar-refractivity contribution in [3.05, 3.63) is 29.8 Å². The van der Waals surface area contributed by atoms with Crippen LogP contribution in [-0.4, -0.2) is 32.2 Å². The molecule has 0 aliphatic rings. The van der Waals surface area contributed by atoms with Gasteiger partial charge in [0.25, 0.3) is 0 Å². The van der Waals surface area contributed by atoms with E-state index in [0.717, 1.165) is 28.8 Å². The number of hydrogen-bond acceptors (Lipinski definition) is 3. The molecule has 1 aromatic rings. The first-order valence-corrected chi connectivity index (χ1v) is 8.44. The summed E-state index contributed by atoms with van der Waals surface area (Å²) in [6.07, 6.45) is 0.898. The number of nitrogens with zero attached hydrogens (tertiary/aromatic N) is 1. The van der Waals surface area contributed by atoms with Crippen molar-refractivity contribution in [3.8, 4) is 0 Å². The Morgan fingerprint density at radius 3 is 2.18 bits per heavy atom. The molecule has 5 nitrogen and oxygen atoms in total. The summed E-state index contributed by atoms with van der Waals surface area (Å²) in [6.45, 7) is 6.63. The second-order valence-electron chi connectivity index (χ2n) is 6.07. The minimum atomic E-state index is -3.86. The Hall–Kier alpha value is -1.70. The molecule has 0 aromatic heterocycles. The molecule has 0 aliphatic carbocycles. The fraction of sp³-hybridized carbons (Fsp3) is 0.500. The number of carbonyl (C=O) groups excluding carboxylic acids is 1. The first-order chi connectivity index (χ1) is 9.83. The molecule has 0 saturated heterocycles. The number of sulfonamides is 1. The minimum Gasteiger partial charge on any atom is -0.350 e. The summed E-state index contributed by atoms with van der Waals surface area (Å²) in [5, 5.41) is 2.65. The average Bonchev–Trinajstić information content (AvgIpc) is 2.30. The van der Waals surface area contributed by atoms with Gasteiger partial charge in [-0.2, -0.15) is 0 Å². The maximum atomic E-state index is 13.4. The summed E-state index contributed by atoms with van der Waals surface area (Å²) < 4.78 is 51.1. The molecule has 0 saturated carbocycles. The molecule has 0 heterocycles. The van der Waals surface area contributed by atoms with Crippen molar-refractivity contribution in [3.63, 3.8) is 0 Å². The predicted molar refractivity (Wildman–Crippen MR) is 81.0 cm³/mol. The van der Waals surface area contributed by atoms with Crippen LogP contribution in [0.4, 0.5) is 14.5 Å². The summed E-state index contributed by atoms with van der Waals surface area (Å²) in [4.78, 5) is 12.2. The number of carbonyl (C=O) groups is 1. The van der Waals surface area contributed by atoms with Gasteiger partial charge >= 0.3 is 0 Å². The van der Waals surface area contributed by atoms with E-state index < -0.39 is 39.1 Å². The van der Waals surface area contributed by atoms with Gasteiger partial charge in [-0.05, 0) is 39.8 Å². The van der Waals surface area contributed by atoms with Crippen molar-refractivity contribution in [1.29, 1.82) is 0 Å². The zero-order chi connectivity index (χ0) is 17.3. The molecule has 1 aromatic carbocycles. The highest BCUT2D eigenvalue weighted by Crippen LogP contribution is 2.23. The summed E-state index contributed by atoms with van der Waals surface area (Å²) in [5.74, 6) is -2.82. The van der Waals surface area contributed by atoms with E-state index in [1.165, 1.54) is 6.92 Å². The fourth-order valence-electron chi connectivity index (χ4n) is 1.90. The lowest BCUT2D eigenvalue weighted by Gasteiger charge is -2.31. The Labute approximate surface area is 129 Å². The van der Waals surface area contributed by atoms with Crippen LogP contribution in [0.15, 0.2) is 18.2 Å². The van der Waals surface area contributed by atoms with Gasteiger partial charge in [-0.3, -0.25) is 9.10 Å². The van der Waals surface area contributed by atoms with Crippen molar-refractivity contribution in [2.24, 2.45) is 0 Å². The van der Waals surface area contributed by atoms with Crippen LogP contribution in [0.3, 0.4) is 0 Å². The zero-order valence-corrected chi connectivity index (χ0v) is 14.0. The van der Waals surface area contributed by atoms with Crippen LogP contribution in [0.1, 0.15) is 27.7 Å². The SMILES string of the molecule is CC(C(=O)NC(C)(C)C)N(c1ccc(F)c(F)c1)S(C)(=O)=O. The molecule has 0 aliphatic heterocycles. The summed E-state index contributed by atoms with van der Waals surface area (Å²) in [5.41, 5.74) is -0.666. The van der Waals surface area contributed by atoms with Crippen molar-refractivity contribution >= 4 is 21.6 Å². The molecular formula is C14H20F2N2O3S. The van der Waals surface area contributed by atoms with Crippen molar-refractivity contribution in [1.82, 2.24) is 5.32 Å². The van der Waals surface area contributed by atoms with Gasteiger partial charge in [0.05, 0.1) is 11.9 Å². The van der Waals surface area contributed by atoms with Crippen molar-refractivity contribution < 1.29 is 22.0 Å². The van der Waals surface area contributed by atoms with Gasteiger partial charge in [-0.25, -0.2) is 17.2 Å². The number of amides is 1. The van der Waals surface area contributed by atoms with Gasteiger partial charge in [0.2, 0.25) is 15.9 Å². The molecule has 0 bridgehead atoms. The molecule has 1 amide bonds. The molecule has 0 fully saturated rings. The summed E-state index contributed by atoms with van der Waals surface area (Å²) in [6, 6.07) is 1.56. The molecule has 1 unspecified atom stereocenters. The molecule has 1 rings (SSSR count). The number of benzene rings is 1. The Kier molecular flexibility index (Phi) is 5.17. The molecule has 0 radical (unpaired) electrons. The van der Waals surface area contributed by atoms with Crippen LogP contribution in [0.25, 0.3) is 0 Å². The topological polar surface area (TPSA) is 66.5 Å². The quantitative estimate of drug-likeness (QED) is 0.916. The Morgan fingerprint density at radius 1 is 1.23 bits per heavy atom. The van der Waals surface area contributed by atoms with Crippen LogP contribution >= 0.6 is 0 Å². The summed E-state index contributed by atoms with van der Waals surface area (Å²) in [7, 11) is -3.86. The second-order valence-corrected chi connectivity index (χ2v) is 7.93. The van der Waals surface area contributed by atoms with E-state index in [2.05, 4.69) is 5.32 Å². The number of rotatable bonds is 4. The van der Waals surface area contributed by atoms with E-state index in [9.17, 15) is 22.0 Å². The van der Waals surface area contributed by atoms with Gasteiger partial charge in [-0.1, -0.05) is 0 Å². The van der Waals surface area contributed by atoms with Gasteiger partial charge < -0.3 is 5.32 Å². The van der Waals surface area contributed by atoms with Crippen LogP contribution in [0.5, 0.6) is 0 Å². The molecule has 8 heteroatoms. The number of halogens is 2. The fourth-order valence-corrected chi connectivity index (χ4v) is 3.07. The second kappa shape index (κ2) is 6.20. The molecule has 1 N–H and O–H groups in total. The van der Waals surface area contributed by atoms with Crippen LogP contribution in [0, 0.1) is 11.6 Å². The Bertz CT molecular complexity index is 669. The smallest absolute Gasteiger partial charge is 0.244 e. The average molecular weight is 334 g/mol. The standard InChI is InChI=1S/C14H20F2N2O3S/c1-9(13(19)17-14(2,3)4)18(22(5,20)21)10-6-7-11(15)12(16)8-10/h6-9H,1-5H3,(H,17,19). The van der Waals surface area contributed by atoms with E-state index in [1.807, 2.05) is 0 Å². The van der Waals surface area contributed by atoms with Crippen molar-refractivity contribution in [2.75, 3.05) is 10.6 Å². The van der Waals surface area contributed by atoms with Crippen molar-refractivity contribution in [2.45, 2.75) is 39.3 Å². The molecule has 124 valence electrons. The highest BCUT2D eigenvalue weighted by molar-refractivity contribution is 7.92. The zero-order valence-electron chi connectivity index (χ0n) is 13.1. The normalized spacial score (nSPS) is 13.6. The summed E-state index contributed by atoms with van der Waals surface area (Å²) >= 11 is 0. The largest absolute Gasteiger partial charge is 0.350 e. The molecule has 0 spiro atoms. The lowest BCUT2D eigenvalue weighted by Crippen LogP contribution is -2.52. The van der Waals surface area contributed by atoms with E-state index >= 15 is 0 Å². The Morgan fingerprint density at radius 2 is 1.77 bits per heavy atom. The van der Waals surface area contributed by atoms with E-state index in [-0.39, 0.29) is 5.69 Å². The van der Waals surface area contributed by atoms with E-state index in [0.29, 0.717) is 0 Å². The monoisotopic (exact) mass is 334 g/mol. The maximum Gasteiger partial charge on any atom is 0.244 e. The van der Waals surface area contributed by atoms with E-state index in [4.69, 9.17) is 0 Å². The van der Waals surface area contributed by atoms with Gasteiger partial charge in [-0.15, -0.1) is 0 Å². The van der Waals surface area contributed by atoms with Crippen LogP contribution in [0.2, 0.25) is 0 Å². The third kappa shape index (κ3) is 4.66. The third-order valence-corrected chi connectivity index (χ3v) is 3.99. The van der Waals surface area contributed by atoms with Gasteiger partial charge in [0.1, 0.15) is 6.04 Å². The highest BCUT2D eigenvalue weighted by Gasteiger charge is 2.31. The highest BCUT2D eigenvalue weighted by atomic mass is 32.2. The van der Waals surface area contributed by atoms with E-state index in [1.54, 1.807) is 20.8 Å². The lowest BCUT2D eigenvalue weighted by atomic mass is 10.1. The Balaban J connectivity index is 3.25. The number of anilines is 1. The lowest BCUT2D eigenvalue weighted by molar-refractivity contribution is -0.123. The van der Waals surface area contributed by atoms with Gasteiger partial charge in [0, 0.05) is 11.6 Å². The first-order valence-electron chi connectivity index (χ1n) is 6.59. The third-order valence-electron chi connectivity index (χ3n) is 2.74. The predicted octanol–water partition coefficient (Wildman–Crippen LogP) is 2.03. The molecular weight excluding hydrogens is 314 g/mol. The van der Waals surface area contributed by atoms with Crippen LogP contribution < -0.4 is 9.62 Å². The number of nitrogens with one attached hydrogen (secondary N) is 1. The minimum absolute atomic E-state index is 0.113. The first kappa shape index (κ1) is 18.3. The number of hydrogen-bond donors (Lipinski definition) is 1. The van der Waals surface area contributed by atoms with Gasteiger partial charge in [0.15, 0.2) is 11.6 Å². The molecule has 22 heavy (non-hydrogen) atoms. The van der Waals surface area contributed by atoms with Crippen LogP contribution in [-0.2, 0) is 14.8 Å². The maximum absolute atomic E-state index is 13.4. The molecule has 1 atom stereocenters.